The molecule has 0 aliphatic rings. The third-order valence-electron chi connectivity index (χ3n) is 2.57. The first kappa shape index (κ1) is 20.1. The predicted molar refractivity (Wildman–Crippen MR) is 77.4 cm³/mol. The summed E-state index contributed by atoms with van der Waals surface area (Å²) in [6.07, 6.45) is -0.888. The van der Waals surface area contributed by atoms with Gasteiger partial charge < -0.3 is 23.9 Å². The van der Waals surface area contributed by atoms with Crippen LogP contribution in [0.1, 0.15) is 20.3 Å². The summed E-state index contributed by atoms with van der Waals surface area (Å²) in [7, 11) is 1.32. The molecule has 0 saturated carbocycles. The molecule has 0 rings (SSSR count). The van der Waals surface area contributed by atoms with Gasteiger partial charge in [-0.05, 0) is 5.92 Å². The summed E-state index contributed by atoms with van der Waals surface area (Å²) in [4.78, 5) is 19.5. The number of quaternary nitrogens is 1. The van der Waals surface area contributed by atoms with Gasteiger partial charge in [-0.3, -0.25) is 0 Å². The Morgan fingerprint density at radius 3 is 1.94 bits per heavy atom. The molecular formula is C10H25INO4P. The Bertz CT molecular complexity index is 262. The molecule has 0 spiro atoms. The first-order valence-electron chi connectivity index (χ1n) is 5.45. The van der Waals surface area contributed by atoms with E-state index in [-0.39, 0.29) is 30.0 Å². The summed E-state index contributed by atoms with van der Waals surface area (Å²) in [6, 6.07) is -0.200. The Hall–Kier alpha value is 0.800. The Balaban J connectivity index is 0. The smallest absolute Gasteiger partial charge is 0.135 e. The van der Waals surface area contributed by atoms with Crippen molar-refractivity contribution >= 4 is 31.6 Å². The van der Waals surface area contributed by atoms with E-state index < -0.39 is 19.9 Å². The number of halogens is 1. The fourth-order valence-corrected chi connectivity index (χ4v) is 2.55. The highest BCUT2D eigenvalue weighted by Gasteiger charge is 2.33. The van der Waals surface area contributed by atoms with Crippen molar-refractivity contribution in [1.82, 2.24) is 0 Å². The SMILES string of the molecule is CC(C)C[C@@H]([C@@H](O)CP(=O)([O-])O)[N+](C)(C)C.I. The molecule has 7 heteroatoms. The van der Waals surface area contributed by atoms with Crippen LogP contribution in [0.5, 0.6) is 0 Å². The molecule has 0 aromatic heterocycles. The van der Waals surface area contributed by atoms with Gasteiger partial charge in [0.15, 0.2) is 0 Å². The minimum Gasteiger partial charge on any atom is -0.779 e. The van der Waals surface area contributed by atoms with Crippen LogP contribution in [0.25, 0.3) is 0 Å². The predicted octanol–water partition coefficient (Wildman–Crippen LogP) is 0.632. The average molecular weight is 381 g/mol. The van der Waals surface area contributed by atoms with Crippen LogP contribution in [-0.2, 0) is 4.57 Å². The first-order valence-corrected chi connectivity index (χ1v) is 7.21. The maximum atomic E-state index is 10.8. The molecule has 1 unspecified atom stereocenters. The number of nitrogens with zero attached hydrogens (tertiary/aromatic N) is 1. The van der Waals surface area contributed by atoms with Crippen LogP contribution in [-0.4, -0.2) is 53.9 Å². The molecule has 0 bridgehead atoms. The highest BCUT2D eigenvalue weighted by molar-refractivity contribution is 14.0. The van der Waals surface area contributed by atoms with Gasteiger partial charge in [0.1, 0.15) is 19.7 Å². The van der Waals surface area contributed by atoms with Gasteiger partial charge in [0.25, 0.3) is 0 Å². The second-order valence-corrected chi connectivity index (χ2v) is 7.34. The summed E-state index contributed by atoms with van der Waals surface area (Å²) >= 11 is 0. The second kappa shape index (κ2) is 7.40. The molecule has 106 valence electrons. The zero-order chi connectivity index (χ0) is 13.1. The highest BCUT2D eigenvalue weighted by atomic mass is 127. The second-order valence-electron chi connectivity index (χ2n) is 5.70. The lowest BCUT2D eigenvalue weighted by molar-refractivity contribution is -0.900. The molecule has 0 fully saturated rings. The Morgan fingerprint density at radius 2 is 1.71 bits per heavy atom. The van der Waals surface area contributed by atoms with Crippen LogP contribution in [0.3, 0.4) is 0 Å². The quantitative estimate of drug-likeness (QED) is 0.402. The molecule has 0 saturated heterocycles. The van der Waals surface area contributed by atoms with E-state index >= 15 is 0 Å². The average Bonchev–Trinajstić information content (AvgIpc) is 1.93. The van der Waals surface area contributed by atoms with Gasteiger partial charge in [0, 0.05) is 12.6 Å². The van der Waals surface area contributed by atoms with E-state index in [4.69, 9.17) is 4.89 Å². The van der Waals surface area contributed by atoms with Crippen molar-refractivity contribution in [1.29, 1.82) is 0 Å². The van der Waals surface area contributed by atoms with Crippen LogP contribution in [0.15, 0.2) is 0 Å². The fourth-order valence-electron chi connectivity index (χ4n) is 1.83. The molecule has 0 aromatic carbocycles. The van der Waals surface area contributed by atoms with Gasteiger partial charge in [-0.15, -0.1) is 24.0 Å². The van der Waals surface area contributed by atoms with Crippen molar-refractivity contribution in [3.8, 4) is 0 Å². The normalized spacial score (nSPS) is 19.4. The molecule has 0 heterocycles. The lowest BCUT2D eigenvalue weighted by Gasteiger charge is -2.39. The van der Waals surface area contributed by atoms with Gasteiger partial charge >= 0.3 is 0 Å². The van der Waals surface area contributed by atoms with Crippen molar-refractivity contribution < 1.29 is 23.9 Å². The summed E-state index contributed by atoms with van der Waals surface area (Å²) in [5.74, 6) is 0.363. The van der Waals surface area contributed by atoms with E-state index in [9.17, 15) is 14.6 Å². The highest BCUT2D eigenvalue weighted by Crippen LogP contribution is 2.32. The third kappa shape index (κ3) is 9.39. The Kier molecular flexibility index (Phi) is 8.76. The zero-order valence-electron chi connectivity index (χ0n) is 11.2. The van der Waals surface area contributed by atoms with Crippen molar-refractivity contribution in [2.24, 2.45) is 5.92 Å². The van der Waals surface area contributed by atoms with E-state index in [1.54, 1.807) is 0 Å². The summed E-state index contributed by atoms with van der Waals surface area (Å²) in [6.45, 7) is 4.04. The van der Waals surface area contributed by atoms with Crippen LogP contribution in [0.2, 0.25) is 0 Å². The van der Waals surface area contributed by atoms with Crippen molar-refractivity contribution in [2.75, 3.05) is 27.3 Å². The molecule has 5 nitrogen and oxygen atoms in total. The monoisotopic (exact) mass is 381 g/mol. The van der Waals surface area contributed by atoms with Crippen LogP contribution in [0.4, 0.5) is 0 Å². The summed E-state index contributed by atoms with van der Waals surface area (Å²) in [5, 5.41) is 9.88. The number of aliphatic hydroxyl groups excluding tert-OH is 1. The maximum absolute atomic E-state index is 10.8. The largest absolute Gasteiger partial charge is 0.779 e. The van der Waals surface area contributed by atoms with Gasteiger partial charge in [0.05, 0.1) is 21.1 Å². The van der Waals surface area contributed by atoms with Gasteiger partial charge in [0.2, 0.25) is 0 Å². The van der Waals surface area contributed by atoms with E-state index in [0.717, 1.165) is 0 Å². The third-order valence-corrected chi connectivity index (χ3v) is 3.41. The zero-order valence-corrected chi connectivity index (χ0v) is 14.4. The fraction of sp³-hybridized carbons (Fsp3) is 1.00. The number of hydrogen-bond donors (Lipinski definition) is 2. The minimum atomic E-state index is -4.40. The van der Waals surface area contributed by atoms with E-state index in [0.29, 0.717) is 16.8 Å². The molecule has 2 N–H and O–H groups in total. The van der Waals surface area contributed by atoms with Crippen LogP contribution < -0.4 is 4.89 Å². The summed E-state index contributed by atoms with van der Waals surface area (Å²) < 4.78 is 11.2. The molecule has 0 radical (unpaired) electrons. The number of rotatable bonds is 6. The van der Waals surface area contributed by atoms with Gasteiger partial charge in [-0.2, -0.15) is 0 Å². The molecule has 17 heavy (non-hydrogen) atoms. The topological polar surface area (TPSA) is 80.6 Å². The molecular weight excluding hydrogens is 356 g/mol. The lowest BCUT2D eigenvalue weighted by Crippen LogP contribution is -2.53. The molecule has 3 atom stereocenters. The van der Waals surface area contributed by atoms with Crippen molar-refractivity contribution in [3.63, 3.8) is 0 Å². The van der Waals surface area contributed by atoms with E-state index in [1.807, 2.05) is 35.0 Å². The van der Waals surface area contributed by atoms with Crippen LogP contribution >= 0.6 is 31.6 Å². The maximum Gasteiger partial charge on any atom is 0.135 e. The van der Waals surface area contributed by atoms with Gasteiger partial charge in [-0.1, -0.05) is 13.8 Å². The number of likely N-dealkylation sites (N-methyl/N-ethyl adjacent to an activating group) is 1. The van der Waals surface area contributed by atoms with E-state index in [1.165, 1.54) is 0 Å². The Morgan fingerprint density at radius 1 is 1.29 bits per heavy atom. The lowest BCUT2D eigenvalue weighted by atomic mass is 9.97. The Labute approximate surface area is 121 Å². The molecule has 0 aromatic rings. The minimum absolute atomic E-state index is 0. The van der Waals surface area contributed by atoms with Crippen molar-refractivity contribution in [2.45, 2.75) is 32.4 Å². The standard InChI is InChI=1S/C10H24NO4P.HI/c1-8(2)6-9(11(3,4)5)10(12)7-16(13,14)15;/h8-10,12H,6-7H2,1-5H3,(H-,13,14,15);1H/t9-,10-;/m0./s1. The summed E-state index contributed by atoms with van der Waals surface area (Å²) in [5.41, 5.74) is 0. The molecule has 0 aliphatic heterocycles. The van der Waals surface area contributed by atoms with Gasteiger partial charge in [-0.25, -0.2) is 0 Å². The van der Waals surface area contributed by atoms with Crippen molar-refractivity contribution in [3.05, 3.63) is 0 Å². The first-order chi connectivity index (χ1) is 6.93. The number of hydrogen-bond acceptors (Lipinski definition) is 3. The number of aliphatic hydroxyl groups is 1. The van der Waals surface area contributed by atoms with Crippen LogP contribution in [0, 0.1) is 5.92 Å². The van der Waals surface area contributed by atoms with E-state index in [2.05, 4.69) is 0 Å². The molecule has 0 aliphatic carbocycles. The molecule has 0 amide bonds.